The number of fused-ring (bicyclic) bond motifs is 7. The van der Waals surface area contributed by atoms with Crippen LogP contribution in [0.3, 0.4) is 0 Å². The van der Waals surface area contributed by atoms with E-state index in [-0.39, 0.29) is 17.9 Å². The van der Waals surface area contributed by atoms with Crippen LogP contribution in [0.15, 0.2) is 36.4 Å². The third-order valence-electron chi connectivity index (χ3n) is 9.48. The summed E-state index contributed by atoms with van der Waals surface area (Å²) in [5, 5.41) is 10.2. The van der Waals surface area contributed by atoms with Crippen molar-refractivity contribution in [2.75, 3.05) is 13.7 Å². The van der Waals surface area contributed by atoms with Crippen LogP contribution in [-0.2, 0) is 21.5 Å². The Morgan fingerprint density at radius 2 is 1.90 bits per heavy atom. The Kier molecular flexibility index (Phi) is 5.84. The van der Waals surface area contributed by atoms with Gasteiger partial charge < -0.3 is 9.30 Å². The van der Waals surface area contributed by atoms with Crippen molar-refractivity contribution in [2.24, 2.45) is 5.41 Å². The summed E-state index contributed by atoms with van der Waals surface area (Å²) in [4.78, 5) is 17.9. The summed E-state index contributed by atoms with van der Waals surface area (Å²) < 4.78 is 35.2. The number of methoxy groups -OCH3 is 1. The second kappa shape index (κ2) is 9.08. The molecular formula is C30H34N2O6S. The monoisotopic (exact) mass is 550 g/mol. The SMILES string of the molecule is COc1ccc2c(c1)C1CC1(COO)Cn1c-2c(C2CCCCC2)c2ccc(C(=O)NS(=O)(=O)C3CC3)cc21. The molecule has 8 nitrogen and oxygen atoms in total. The van der Waals surface area contributed by atoms with E-state index in [0.717, 1.165) is 41.5 Å². The maximum Gasteiger partial charge on any atom is 0.264 e. The molecule has 206 valence electrons. The minimum atomic E-state index is -3.65. The van der Waals surface area contributed by atoms with E-state index in [0.29, 0.717) is 30.9 Å². The Bertz CT molecular complexity index is 1580. The van der Waals surface area contributed by atoms with Gasteiger partial charge in [-0.05, 0) is 85.4 Å². The molecule has 2 aromatic carbocycles. The summed E-state index contributed by atoms with van der Waals surface area (Å²) in [6, 6.07) is 11.9. The third kappa shape index (κ3) is 4.08. The van der Waals surface area contributed by atoms with Gasteiger partial charge in [0, 0.05) is 34.0 Å². The van der Waals surface area contributed by atoms with Gasteiger partial charge in [-0.1, -0.05) is 25.3 Å². The van der Waals surface area contributed by atoms with Crippen molar-refractivity contribution in [3.05, 3.63) is 53.1 Å². The van der Waals surface area contributed by atoms with E-state index in [4.69, 9.17) is 9.62 Å². The number of benzene rings is 2. The number of hydrogen-bond donors (Lipinski definition) is 2. The fourth-order valence-corrected chi connectivity index (χ4v) is 8.51. The summed E-state index contributed by atoms with van der Waals surface area (Å²) in [5.74, 6) is 0.843. The number of aromatic nitrogens is 1. The predicted molar refractivity (Wildman–Crippen MR) is 148 cm³/mol. The first-order valence-corrected chi connectivity index (χ1v) is 15.6. The van der Waals surface area contributed by atoms with Crippen LogP contribution in [0.2, 0.25) is 0 Å². The summed E-state index contributed by atoms with van der Waals surface area (Å²) in [6.07, 6.45) is 7.94. The molecule has 1 amide bonds. The maximum absolute atomic E-state index is 13.1. The number of hydrogen-bond acceptors (Lipinski definition) is 6. The number of nitrogens with zero attached hydrogens (tertiary/aromatic N) is 1. The van der Waals surface area contributed by atoms with Gasteiger partial charge in [-0.3, -0.25) is 10.1 Å². The van der Waals surface area contributed by atoms with Gasteiger partial charge in [0.05, 0.1) is 24.7 Å². The minimum absolute atomic E-state index is 0.214. The number of ether oxygens (including phenoxy) is 1. The molecule has 0 bridgehead atoms. The topological polar surface area (TPSA) is 107 Å². The lowest BCUT2D eigenvalue weighted by molar-refractivity contribution is -0.255. The standard InChI is InChI=1S/C30H34N2O6S/c1-37-20-8-12-22-24(14-20)25-15-30(25,17-38-34)16-32-26-13-19(29(33)31-39(35,36)21-9-10-21)7-11-23(26)27(28(22)32)18-5-3-2-4-6-18/h7-8,11-14,18,21,25,34H,2-6,9-10,15-17H2,1H3,(H,31,33). The van der Waals surface area contributed by atoms with Crippen molar-refractivity contribution >= 4 is 26.8 Å². The molecule has 0 saturated heterocycles. The van der Waals surface area contributed by atoms with Crippen molar-refractivity contribution in [1.29, 1.82) is 0 Å². The highest BCUT2D eigenvalue weighted by molar-refractivity contribution is 7.91. The van der Waals surface area contributed by atoms with Crippen LogP contribution in [0.25, 0.3) is 22.2 Å². The van der Waals surface area contributed by atoms with Gasteiger partial charge in [-0.25, -0.2) is 18.0 Å². The molecule has 2 N–H and O–H groups in total. The molecule has 2 heterocycles. The first-order chi connectivity index (χ1) is 18.8. The predicted octanol–water partition coefficient (Wildman–Crippen LogP) is 5.56. The van der Waals surface area contributed by atoms with Gasteiger partial charge in [-0.2, -0.15) is 0 Å². The minimum Gasteiger partial charge on any atom is -0.497 e. The molecule has 39 heavy (non-hydrogen) atoms. The Hall–Kier alpha value is -2.88. The number of rotatable bonds is 7. The van der Waals surface area contributed by atoms with Crippen LogP contribution >= 0.6 is 0 Å². The van der Waals surface area contributed by atoms with Crippen LogP contribution < -0.4 is 9.46 Å². The zero-order valence-corrected chi connectivity index (χ0v) is 22.9. The van der Waals surface area contributed by atoms with Gasteiger partial charge in [0.1, 0.15) is 5.75 Å². The fourth-order valence-electron chi connectivity index (χ4n) is 7.21. The third-order valence-corrected chi connectivity index (χ3v) is 11.3. The van der Waals surface area contributed by atoms with Crippen LogP contribution in [0.5, 0.6) is 5.75 Å². The Morgan fingerprint density at radius 1 is 1.10 bits per heavy atom. The van der Waals surface area contributed by atoms with Crippen molar-refractivity contribution in [3.63, 3.8) is 0 Å². The first-order valence-electron chi connectivity index (χ1n) is 14.0. The van der Waals surface area contributed by atoms with Crippen molar-refractivity contribution < 1.29 is 28.1 Å². The zero-order chi connectivity index (χ0) is 26.9. The molecule has 3 saturated carbocycles. The molecule has 3 fully saturated rings. The highest BCUT2D eigenvalue weighted by atomic mass is 32.2. The van der Waals surface area contributed by atoms with Crippen molar-refractivity contribution in [1.82, 2.24) is 9.29 Å². The lowest BCUT2D eigenvalue weighted by Crippen LogP contribution is -2.33. The molecule has 3 aromatic rings. The highest BCUT2D eigenvalue weighted by Gasteiger charge is 2.58. The highest BCUT2D eigenvalue weighted by Crippen LogP contribution is 2.65. The van der Waals surface area contributed by atoms with Crippen LogP contribution in [0, 0.1) is 5.41 Å². The van der Waals surface area contributed by atoms with Gasteiger partial charge in [-0.15, -0.1) is 0 Å². The Morgan fingerprint density at radius 3 is 2.62 bits per heavy atom. The maximum atomic E-state index is 13.1. The lowest BCUT2D eigenvalue weighted by Gasteiger charge is -2.24. The number of nitrogens with one attached hydrogen (secondary N) is 1. The van der Waals surface area contributed by atoms with E-state index in [9.17, 15) is 18.5 Å². The summed E-state index contributed by atoms with van der Waals surface area (Å²) in [5.41, 5.74) is 5.84. The first kappa shape index (κ1) is 25.1. The summed E-state index contributed by atoms with van der Waals surface area (Å²) >= 11 is 0. The largest absolute Gasteiger partial charge is 0.497 e. The zero-order valence-electron chi connectivity index (χ0n) is 22.1. The molecule has 9 heteroatoms. The van der Waals surface area contributed by atoms with E-state index >= 15 is 0 Å². The average molecular weight is 551 g/mol. The van der Waals surface area contributed by atoms with E-state index < -0.39 is 21.2 Å². The molecule has 1 aliphatic heterocycles. The van der Waals surface area contributed by atoms with Gasteiger partial charge in [0.2, 0.25) is 10.0 Å². The lowest BCUT2D eigenvalue weighted by atomic mass is 9.81. The van der Waals surface area contributed by atoms with Crippen LogP contribution in [0.4, 0.5) is 0 Å². The Balaban J connectivity index is 1.44. The fraction of sp³-hybridized carbons (Fsp3) is 0.500. The Labute approximate surface area is 228 Å². The quantitative estimate of drug-likeness (QED) is 0.295. The second-order valence-corrected chi connectivity index (χ2v) is 13.9. The van der Waals surface area contributed by atoms with E-state index in [1.807, 2.05) is 18.2 Å². The molecule has 2 atom stereocenters. The smallest absolute Gasteiger partial charge is 0.264 e. The molecule has 7 rings (SSSR count). The summed E-state index contributed by atoms with van der Waals surface area (Å²) in [7, 11) is -1.97. The van der Waals surface area contributed by atoms with Crippen molar-refractivity contribution in [2.45, 2.75) is 75.0 Å². The van der Waals surface area contributed by atoms with E-state index in [1.54, 1.807) is 13.2 Å². The van der Waals surface area contributed by atoms with E-state index in [1.165, 1.54) is 36.1 Å². The molecule has 2 unspecified atom stereocenters. The van der Waals surface area contributed by atoms with E-state index in [2.05, 4.69) is 21.4 Å². The molecule has 4 aliphatic rings. The van der Waals surface area contributed by atoms with Crippen LogP contribution in [0.1, 0.15) is 84.7 Å². The number of carbonyl (C=O) groups is 1. The molecule has 3 aliphatic carbocycles. The number of carbonyl (C=O) groups excluding carboxylic acids is 1. The molecular weight excluding hydrogens is 516 g/mol. The summed E-state index contributed by atoms with van der Waals surface area (Å²) in [6.45, 7) is 0.852. The van der Waals surface area contributed by atoms with Gasteiger partial charge >= 0.3 is 0 Å². The van der Waals surface area contributed by atoms with Gasteiger partial charge in [0.25, 0.3) is 5.91 Å². The van der Waals surface area contributed by atoms with Crippen molar-refractivity contribution in [3.8, 4) is 17.0 Å². The van der Waals surface area contributed by atoms with Crippen LogP contribution in [-0.4, -0.2) is 43.1 Å². The molecule has 0 radical (unpaired) electrons. The molecule has 0 spiro atoms. The number of amides is 1. The average Bonchev–Trinajstić information content (AvgIpc) is 3.86. The molecule has 1 aromatic heterocycles. The van der Waals surface area contributed by atoms with Gasteiger partial charge in [0.15, 0.2) is 0 Å². The normalized spacial score (nSPS) is 24.4. The number of sulfonamides is 1. The second-order valence-electron chi connectivity index (χ2n) is 11.9.